The van der Waals surface area contributed by atoms with Crippen molar-refractivity contribution in [3.05, 3.63) is 0 Å². The van der Waals surface area contributed by atoms with Gasteiger partial charge < -0.3 is 28.4 Å². The first-order valence-corrected chi connectivity index (χ1v) is 13.8. The van der Waals surface area contributed by atoms with E-state index in [1.165, 1.54) is 0 Å². The van der Waals surface area contributed by atoms with Gasteiger partial charge in [0.15, 0.2) is 0 Å². The molecule has 5 fully saturated rings. The Labute approximate surface area is 212 Å². The van der Waals surface area contributed by atoms with E-state index in [1.807, 2.05) is 13.8 Å². The van der Waals surface area contributed by atoms with E-state index in [-0.39, 0.29) is 73.8 Å². The van der Waals surface area contributed by atoms with E-state index < -0.39 is 5.41 Å². The van der Waals surface area contributed by atoms with Crippen LogP contribution in [0, 0.1) is 23.2 Å². The second kappa shape index (κ2) is 11.0. The van der Waals surface area contributed by atoms with Crippen molar-refractivity contribution >= 4 is 17.9 Å². The molecule has 0 aromatic rings. The van der Waals surface area contributed by atoms with Crippen LogP contribution in [0.4, 0.5) is 0 Å². The third kappa shape index (κ3) is 6.22. The van der Waals surface area contributed by atoms with Gasteiger partial charge in [0.1, 0.15) is 19.8 Å². The van der Waals surface area contributed by atoms with Crippen molar-refractivity contribution in [3.8, 4) is 0 Å². The Morgan fingerprint density at radius 3 is 1.58 bits per heavy atom. The van der Waals surface area contributed by atoms with Crippen LogP contribution in [-0.2, 0) is 42.8 Å². The Morgan fingerprint density at radius 2 is 1.17 bits per heavy atom. The molecule has 202 valence electrons. The molecular weight excluding hydrogens is 468 g/mol. The van der Waals surface area contributed by atoms with E-state index in [4.69, 9.17) is 28.4 Å². The number of rotatable bonds is 10. The molecule has 0 N–H and O–H groups in total. The van der Waals surface area contributed by atoms with E-state index in [9.17, 15) is 14.4 Å². The van der Waals surface area contributed by atoms with Gasteiger partial charge in [-0.25, -0.2) is 0 Å². The van der Waals surface area contributed by atoms with Crippen LogP contribution in [0.3, 0.4) is 0 Å². The van der Waals surface area contributed by atoms with Crippen molar-refractivity contribution in [1.29, 1.82) is 0 Å². The first-order valence-electron chi connectivity index (χ1n) is 13.8. The van der Waals surface area contributed by atoms with Gasteiger partial charge in [0, 0.05) is 0 Å². The highest BCUT2D eigenvalue weighted by molar-refractivity contribution is 5.74. The predicted octanol–water partition coefficient (Wildman–Crippen LogP) is 2.96. The zero-order valence-electron chi connectivity index (χ0n) is 21.5. The number of carbonyl (C=O) groups is 3. The average molecular weight is 509 g/mol. The molecule has 0 aromatic heterocycles. The van der Waals surface area contributed by atoms with Crippen LogP contribution in [0.1, 0.15) is 71.6 Å². The molecule has 0 bridgehead atoms. The zero-order chi connectivity index (χ0) is 25.3. The monoisotopic (exact) mass is 508 g/mol. The molecule has 3 aliphatic heterocycles. The van der Waals surface area contributed by atoms with Crippen molar-refractivity contribution in [2.75, 3.05) is 26.4 Å². The summed E-state index contributed by atoms with van der Waals surface area (Å²) in [7, 11) is 0. The average Bonchev–Trinajstić information content (AvgIpc) is 3.82. The largest absolute Gasteiger partial charge is 0.465 e. The molecule has 36 heavy (non-hydrogen) atoms. The Bertz CT molecular complexity index is 776. The van der Waals surface area contributed by atoms with Gasteiger partial charge >= 0.3 is 17.9 Å². The molecular formula is C27H40O9. The predicted molar refractivity (Wildman–Crippen MR) is 126 cm³/mol. The van der Waals surface area contributed by atoms with E-state index in [0.29, 0.717) is 38.1 Å². The summed E-state index contributed by atoms with van der Waals surface area (Å²) >= 11 is 0. The quantitative estimate of drug-likeness (QED) is 0.250. The Hall–Kier alpha value is -1.71. The van der Waals surface area contributed by atoms with Gasteiger partial charge in [0.05, 0.1) is 60.3 Å². The molecule has 0 amide bonds. The van der Waals surface area contributed by atoms with Crippen molar-refractivity contribution in [3.63, 3.8) is 0 Å². The zero-order valence-corrected chi connectivity index (χ0v) is 21.5. The molecule has 2 aliphatic carbocycles. The minimum absolute atomic E-state index is 0.0197. The first-order chi connectivity index (χ1) is 17.4. The molecule has 9 nitrogen and oxygen atoms in total. The molecule has 9 heteroatoms. The van der Waals surface area contributed by atoms with Gasteiger partial charge in [-0.15, -0.1) is 0 Å². The van der Waals surface area contributed by atoms with Crippen LogP contribution < -0.4 is 0 Å². The maximum atomic E-state index is 12.8. The number of hydrogen-bond acceptors (Lipinski definition) is 9. The fourth-order valence-electron chi connectivity index (χ4n) is 5.76. The molecule has 5 aliphatic rings. The third-order valence-electron chi connectivity index (χ3n) is 8.82. The standard InChI is InChI=1S/C27H40O9/c1-3-27(15-34-26(30)19-5-4-16(2)31-12-19,13-32-24(28)17-6-8-20-22(10-17)35-20)14-33-25(29)18-7-9-21-23(11-18)36-21/h16-23H,3-15H2,1-2H3. The van der Waals surface area contributed by atoms with Crippen LogP contribution in [0.15, 0.2) is 0 Å². The van der Waals surface area contributed by atoms with Crippen molar-refractivity contribution in [2.24, 2.45) is 23.2 Å². The Morgan fingerprint density at radius 1 is 0.694 bits per heavy atom. The minimum atomic E-state index is -0.801. The first kappa shape index (κ1) is 25.9. The van der Waals surface area contributed by atoms with E-state index in [1.54, 1.807) is 0 Å². The van der Waals surface area contributed by atoms with Crippen LogP contribution in [0.2, 0.25) is 0 Å². The van der Waals surface area contributed by atoms with Crippen LogP contribution in [0.5, 0.6) is 0 Å². The number of carbonyl (C=O) groups excluding carboxylic acids is 3. The van der Waals surface area contributed by atoms with Crippen molar-refractivity contribution in [2.45, 2.75) is 102 Å². The van der Waals surface area contributed by atoms with Gasteiger partial charge in [-0.2, -0.15) is 0 Å². The number of hydrogen-bond donors (Lipinski definition) is 0. The van der Waals surface area contributed by atoms with Gasteiger partial charge in [0.2, 0.25) is 0 Å². The normalized spacial score (nSPS) is 38.5. The van der Waals surface area contributed by atoms with Crippen molar-refractivity contribution in [1.82, 2.24) is 0 Å². The lowest BCUT2D eigenvalue weighted by molar-refractivity contribution is -0.170. The molecule has 0 spiro atoms. The van der Waals surface area contributed by atoms with E-state index in [0.717, 1.165) is 38.5 Å². The number of fused-ring (bicyclic) bond motifs is 2. The molecule has 5 rings (SSSR count). The Kier molecular flexibility index (Phi) is 7.89. The van der Waals surface area contributed by atoms with Crippen LogP contribution in [0.25, 0.3) is 0 Å². The molecule has 0 aromatic carbocycles. The molecule has 3 heterocycles. The third-order valence-corrected chi connectivity index (χ3v) is 8.82. The van der Waals surface area contributed by atoms with Gasteiger partial charge in [-0.05, 0) is 64.7 Å². The molecule has 8 atom stereocenters. The summed E-state index contributed by atoms with van der Waals surface area (Å²) in [6.45, 7) is 4.37. The van der Waals surface area contributed by atoms with Crippen LogP contribution >= 0.6 is 0 Å². The summed E-state index contributed by atoms with van der Waals surface area (Å²) in [4.78, 5) is 38.5. The topological polar surface area (TPSA) is 113 Å². The Balaban J connectivity index is 1.17. The SMILES string of the molecule is CCC(COC(=O)C1CCC(C)OC1)(COC(=O)C1CCC2OC2C1)COC(=O)C1CCC2OC2C1. The number of esters is 3. The lowest BCUT2D eigenvalue weighted by Gasteiger charge is -2.33. The lowest BCUT2D eigenvalue weighted by atomic mass is 9.86. The number of ether oxygens (including phenoxy) is 6. The minimum Gasteiger partial charge on any atom is -0.465 e. The van der Waals surface area contributed by atoms with Gasteiger partial charge in [0.25, 0.3) is 0 Å². The maximum absolute atomic E-state index is 12.8. The summed E-state index contributed by atoms with van der Waals surface area (Å²) < 4.78 is 34.0. The second-order valence-corrected chi connectivity index (χ2v) is 11.5. The highest BCUT2D eigenvalue weighted by Crippen LogP contribution is 2.41. The summed E-state index contributed by atoms with van der Waals surface area (Å²) in [5.74, 6) is -1.47. The highest BCUT2D eigenvalue weighted by atomic mass is 16.6. The molecule has 0 radical (unpaired) electrons. The number of epoxide rings is 2. The summed E-state index contributed by atoms with van der Waals surface area (Å²) in [6, 6.07) is 0. The smallest absolute Gasteiger partial charge is 0.311 e. The van der Waals surface area contributed by atoms with Gasteiger partial charge in [-0.1, -0.05) is 6.92 Å². The van der Waals surface area contributed by atoms with Gasteiger partial charge in [-0.3, -0.25) is 14.4 Å². The molecule has 3 saturated heterocycles. The van der Waals surface area contributed by atoms with Crippen molar-refractivity contribution < 1.29 is 42.8 Å². The van der Waals surface area contributed by atoms with Crippen LogP contribution in [-0.4, -0.2) is 74.9 Å². The summed E-state index contributed by atoms with van der Waals surface area (Å²) in [5.41, 5.74) is -0.801. The fraction of sp³-hybridized carbons (Fsp3) is 0.889. The van der Waals surface area contributed by atoms with E-state index in [2.05, 4.69) is 0 Å². The maximum Gasteiger partial charge on any atom is 0.311 e. The fourth-order valence-corrected chi connectivity index (χ4v) is 5.76. The summed E-state index contributed by atoms with van der Waals surface area (Å²) in [5, 5.41) is 0. The molecule has 8 unspecified atom stereocenters. The highest BCUT2D eigenvalue weighted by Gasteiger charge is 2.48. The summed E-state index contributed by atoms with van der Waals surface area (Å²) in [6.07, 6.45) is 7.86. The van der Waals surface area contributed by atoms with E-state index >= 15 is 0 Å². The molecule has 2 saturated carbocycles. The second-order valence-electron chi connectivity index (χ2n) is 11.5. The lowest BCUT2D eigenvalue weighted by Crippen LogP contribution is -2.42.